The standard InChI is InChI=1S/C13H23NO/c1-10(2)11-5-7-12(8-6-11)13(3,4)14-9-15/h10-12H,5-8H2,1-4H3. The van der Waals surface area contributed by atoms with Gasteiger partial charge in [-0.1, -0.05) is 13.8 Å². The van der Waals surface area contributed by atoms with Gasteiger partial charge in [0.2, 0.25) is 6.08 Å². The fraction of sp³-hybridized carbons (Fsp3) is 0.923. The molecule has 0 radical (unpaired) electrons. The van der Waals surface area contributed by atoms with Gasteiger partial charge in [-0.25, -0.2) is 4.79 Å². The van der Waals surface area contributed by atoms with E-state index in [0.29, 0.717) is 5.92 Å². The van der Waals surface area contributed by atoms with Crippen LogP contribution in [-0.2, 0) is 4.79 Å². The van der Waals surface area contributed by atoms with E-state index in [1.807, 2.05) is 0 Å². The molecule has 0 heterocycles. The minimum absolute atomic E-state index is 0.205. The molecule has 0 spiro atoms. The molecule has 0 aromatic carbocycles. The summed E-state index contributed by atoms with van der Waals surface area (Å²) >= 11 is 0. The Morgan fingerprint density at radius 3 is 2.13 bits per heavy atom. The molecule has 0 aliphatic heterocycles. The Hall–Kier alpha value is -0.620. The Kier molecular flexibility index (Phi) is 4.10. The first-order valence-electron chi connectivity index (χ1n) is 6.06. The summed E-state index contributed by atoms with van der Waals surface area (Å²) in [5, 5.41) is 0. The van der Waals surface area contributed by atoms with Gasteiger partial charge in [-0.15, -0.1) is 0 Å². The van der Waals surface area contributed by atoms with Gasteiger partial charge in [0, 0.05) is 0 Å². The van der Waals surface area contributed by atoms with E-state index in [4.69, 9.17) is 0 Å². The van der Waals surface area contributed by atoms with Crippen molar-refractivity contribution in [3.8, 4) is 0 Å². The van der Waals surface area contributed by atoms with Crippen LogP contribution < -0.4 is 0 Å². The third kappa shape index (κ3) is 3.17. The number of hydrogen-bond acceptors (Lipinski definition) is 2. The van der Waals surface area contributed by atoms with Crippen LogP contribution >= 0.6 is 0 Å². The summed E-state index contributed by atoms with van der Waals surface area (Å²) in [6.45, 7) is 8.72. The van der Waals surface area contributed by atoms with Gasteiger partial charge in [0.15, 0.2) is 0 Å². The van der Waals surface area contributed by atoms with Crippen molar-refractivity contribution in [3.05, 3.63) is 0 Å². The van der Waals surface area contributed by atoms with E-state index in [-0.39, 0.29) is 5.54 Å². The zero-order valence-corrected chi connectivity index (χ0v) is 10.4. The Labute approximate surface area is 93.2 Å². The first kappa shape index (κ1) is 12.4. The molecule has 2 heteroatoms. The molecule has 1 saturated carbocycles. The number of carbonyl (C=O) groups excluding carboxylic acids is 1. The molecule has 0 amide bonds. The van der Waals surface area contributed by atoms with Crippen LogP contribution in [0, 0.1) is 17.8 Å². The van der Waals surface area contributed by atoms with E-state index in [2.05, 4.69) is 32.7 Å². The topological polar surface area (TPSA) is 29.4 Å². The molecule has 1 aliphatic rings. The predicted octanol–water partition coefficient (Wildman–Crippen LogP) is 3.56. The molecule has 0 saturated heterocycles. The fourth-order valence-electron chi connectivity index (χ4n) is 2.70. The lowest BCUT2D eigenvalue weighted by molar-refractivity contribution is 0.171. The maximum atomic E-state index is 10.3. The maximum absolute atomic E-state index is 10.3. The molecule has 86 valence electrons. The van der Waals surface area contributed by atoms with Crippen LogP contribution in [0.3, 0.4) is 0 Å². The summed E-state index contributed by atoms with van der Waals surface area (Å²) in [4.78, 5) is 14.3. The van der Waals surface area contributed by atoms with Crippen LogP contribution in [0.5, 0.6) is 0 Å². The van der Waals surface area contributed by atoms with Gasteiger partial charge >= 0.3 is 0 Å². The molecule has 0 atom stereocenters. The van der Waals surface area contributed by atoms with Gasteiger partial charge in [-0.3, -0.25) is 0 Å². The van der Waals surface area contributed by atoms with Crippen molar-refractivity contribution in [2.24, 2.45) is 22.7 Å². The molecule has 0 aromatic heterocycles. The van der Waals surface area contributed by atoms with Gasteiger partial charge in [-0.05, 0) is 57.3 Å². The van der Waals surface area contributed by atoms with E-state index < -0.39 is 0 Å². The second-order valence-corrected chi connectivity index (χ2v) is 5.71. The van der Waals surface area contributed by atoms with Crippen LogP contribution in [-0.4, -0.2) is 11.6 Å². The monoisotopic (exact) mass is 209 g/mol. The lowest BCUT2D eigenvalue weighted by Crippen LogP contribution is -2.33. The van der Waals surface area contributed by atoms with Crippen LogP contribution in [0.15, 0.2) is 4.99 Å². The Morgan fingerprint density at radius 1 is 1.20 bits per heavy atom. The predicted molar refractivity (Wildman–Crippen MR) is 62.5 cm³/mol. The number of nitrogens with zero attached hydrogens (tertiary/aromatic N) is 1. The number of rotatable bonds is 3. The van der Waals surface area contributed by atoms with Gasteiger partial charge < -0.3 is 0 Å². The number of hydrogen-bond donors (Lipinski definition) is 0. The quantitative estimate of drug-likeness (QED) is 0.516. The third-order valence-corrected chi connectivity index (χ3v) is 4.05. The van der Waals surface area contributed by atoms with Crippen molar-refractivity contribution in [3.63, 3.8) is 0 Å². The molecular formula is C13H23NO. The molecule has 15 heavy (non-hydrogen) atoms. The third-order valence-electron chi connectivity index (χ3n) is 4.05. The van der Waals surface area contributed by atoms with Crippen LogP contribution in [0.4, 0.5) is 0 Å². The van der Waals surface area contributed by atoms with Crippen molar-refractivity contribution >= 4 is 6.08 Å². The molecule has 1 aliphatic carbocycles. The Bertz CT molecular complexity index is 243. The minimum atomic E-state index is -0.205. The van der Waals surface area contributed by atoms with Crippen molar-refractivity contribution in [1.29, 1.82) is 0 Å². The van der Waals surface area contributed by atoms with Crippen LogP contribution in [0.2, 0.25) is 0 Å². The second-order valence-electron chi connectivity index (χ2n) is 5.71. The second kappa shape index (κ2) is 4.94. The van der Waals surface area contributed by atoms with Crippen LogP contribution in [0.25, 0.3) is 0 Å². The van der Waals surface area contributed by atoms with E-state index in [9.17, 15) is 4.79 Å². The SMILES string of the molecule is CC(C)C1CCC(C(C)(C)N=C=O)CC1. The first-order chi connectivity index (χ1) is 6.97. The summed E-state index contributed by atoms with van der Waals surface area (Å²) < 4.78 is 0. The highest BCUT2D eigenvalue weighted by molar-refractivity contribution is 5.34. The molecule has 2 nitrogen and oxygen atoms in total. The summed E-state index contributed by atoms with van der Waals surface area (Å²) in [5.74, 6) is 2.23. The highest BCUT2D eigenvalue weighted by atomic mass is 16.1. The zero-order chi connectivity index (χ0) is 11.5. The zero-order valence-electron chi connectivity index (χ0n) is 10.4. The van der Waals surface area contributed by atoms with Crippen molar-refractivity contribution in [2.75, 3.05) is 0 Å². The summed E-state index contributed by atoms with van der Waals surface area (Å²) in [6, 6.07) is 0. The highest BCUT2D eigenvalue weighted by Gasteiger charge is 2.33. The average molecular weight is 209 g/mol. The number of isocyanates is 1. The molecule has 0 aromatic rings. The van der Waals surface area contributed by atoms with Crippen molar-refractivity contribution in [2.45, 2.75) is 58.9 Å². The minimum Gasteiger partial charge on any atom is -0.211 e. The molecular weight excluding hydrogens is 186 g/mol. The smallest absolute Gasteiger partial charge is 0.211 e. The highest BCUT2D eigenvalue weighted by Crippen LogP contribution is 2.39. The van der Waals surface area contributed by atoms with Gasteiger partial charge in [0.1, 0.15) is 0 Å². The lowest BCUT2D eigenvalue weighted by Gasteiger charge is -2.37. The van der Waals surface area contributed by atoms with Gasteiger partial charge in [-0.2, -0.15) is 4.99 Å². The maximum Gasteiger partial charge on any atom is 0.235 e. The largest absolute Gasteiger partial charge is 0.235 e. The molecule has 0 N–H and O–H groups in total. The summed E-state index contributed by atoms with van der Waals surface area (Å²) in [5.41, 5.74) is -0.205. The van der Waals surface area contributed by atoms with Crippen molar-refractivity contribution in [1.82, 2.24) is 0 Å². The average Bonchev–Trinajstić information content (AvgIpc) is 2.18. The number of aliphatic imine (C=N–C) groups is 1. The summed E-state index contributed by atoms with van der Waals surface area (Å²) in [7, 11) is 0. The van der Waals surface area contributed by atoms with E-state index in [1.54, 1.807) is 6.08 Å². The Balaban J connectivity index is 2.53. The van der Waals surface area contributed by atoms with Crippen LogP contribution in [0.1, 0.15) is 53.4 Å². The van der Waals surface area contributed by atoms with Crippen molar-refractivity contribution < 1.29 is 4.79 Å². The van der Waals surface area contributed by atoms with E-state index in [1.165, 1.54) is 25.7 Å². The molecule has 1 fully saturated rings. The van der Waals surface area contributed by atoms with Gasteiger partial charge in [0.05, 0.1) is 5.54 Å². The lowest BCUT2D eigenvalue weighted by atomic mass is 9.71. The molecule has 0 bridgehead atoms. The van der Waals surface area contributed by atoms with E-state index in [0.717, 1.165) is 11.8 Å². The fourth-order valence-corrected chi connectivity index (χ4v) is 2.70. The molecule has 1 rings (SSSR count). The first-order valence-corrected chi connectivity index (χ1v) is 6.06. The molecule has 0 unspecified atom stereocenters. The Morgan fingerprint density at radius 2 is 1.73 bits per heavy atom. The normalized spacial score (nSPS) is 27.5. The van der Waals surface area contributed by atoms with Gasteiger partial charge in [0.25, 0.3) is 0 Å². The van der Waals surface area contributed by atoms with E-state index >= 15 is 0 Å². The summed E-state index contributed by atoms with van der Waals surface area (Å²) in [6.07, 6.45) is 6.72.